The number of hydrogen-bond acceptors (Lipinski definition) is 5. The summed E-state index contributed by atoms with van der Waals surface area (Å²) < 4.78 is 24.6. The van der Waals surface area contributed by atoms with Crippen LogP contribution in [0.4, 0.5) is 0 Å². The number of carbonyl (C=O) groups is 1. The lowest BCUT2D eigenvalue weighted by atomic mass is 9.44. The van der Waals surface area contributed by atoms with Crippen LogP contribution in [0.5, 0.6) is 0 Å². The van der Waals surface area contributed by atoms with Gasteiger partial charge in [-0.05, 0) is 62.2 Å². The number of carbonyl (C=O) groups excluding carboxylic acids is 1. The third-order valence-electron chi connectivity index (χ3n) is 9.34. The number of aliphatic hydroxyl groups is 1. The second-order valence-corrected chi connectivity index (χ2v) is 12.2. The van der Waals surface area contributed by atoms with Crippen molar-refractivity contribution < 1.29 is 23.5 Å². The Bertz CT molecular complexity index is 705. The SMILES string of the molecule is C[C@]12C(CCC3C1CC[C@]1(C)C(=O)CCC31)C[C@H](O)CC2OP1(=O)NCCO1. The van der Waals surface area contributed by atoms with Gasteiger partial charge in [-0.25, -0.2) is 9.65 Å². The number of aliphatic hydroxyl groups excluding tert-OH is 1. The molecule has 4 saturated carbocycles. The van der Waals surface area contributed by atoms with E-state index in [0.29, 0.717) is 49.0 Å². The highest BCUT2D eigenvalue weighted by Crippen LogP contribution is 2.67. The summed E-state index contributed by atoms with van der Waals surface area (Å²) in [6, 6.07) is 0. The van der Waals surface area contributed by atoms with E-state index in [1.54, 1.807) is 0 Å². The van der Waals surface area contributed by atoms with Crippen molar-refractivity contribution in [3.8, 4) is 0 Å². The third-order valence-corrected chi connectivity index (χ3v) is 11.0. The van der Waals surface area contributed by atoms with E-state index in [4.69, 9.17) is 9.05 Å². The average molecular weight is 411 g/mol. The van der Waals surface area contributed by atoms with Crippen LogP contribution < -0.4 is 5.09 Å². The topological polar surface area (TPSA) is 84.9 Å². The van der Waals surface area contributed by atoms with Gasteiger partial charge in [0.1, 0.15) is 5.78 Å². The summed E-state index contributed by atoms with van der Waals surface area (Å²) in [6.07, 6.45) is 6.60. The van der Waals surface area contributed by atoms with Gasteiger partial charge in [0.2, 0.25) is 0 Å². The summed E-state index contributed by atoms with van der Waals surface area (Å²) in [6.45, 7) is 5.46. The van der Waals surface area contributed by atoms with Crippen LogP contribution in [0.1, 0.15) is 65.2 Å². The largest absolute Gasteiger partial charge is 0.405 e. The summed E-state index contributed by atoms with van der Waals surface area (Å²) in [7, 11) is -3.28. The van der Waals surface area contributed by atoms with Gasteiger partial charge in [0, 0.05) is 30.2 Å². The molecule has 0 aromatic rings. The van der Waals surface area contributed by atoms with Crippen LogP contribution in [0.25, 0.3) is 0 Å². The van der Waals surface area contributed by atoms with Crippen molar-refractivity contribution in [3.63, 3.8) is 0 Å². The van der Waals surface area contributed by atoms with Crippen molar-refractivity contribution in [2.24, 2.45) is 34.5 Å². The summed E-state index contributed by atoms with van der Waals surface area (Å²) in [5, 5.41) is 13.5. The van der Waals surface area contributed by atoms with Gasteiger partial charge >= 0.3 is 7.75 Å². The molecular formula is C21H34NO5P. The molecule has 1 heterocycles. The van der Waals surface area contributed by atoms with Gasteiger partial charge in [-0.1, -0.05) is 13.8 Å². The molecule has 158 valence electrons. The molecule has 6 nitrogen and oxygen atoms in total. The van der Waals surface area contributed by atoms with E-state index in [-0.39, 0.29) is 16.9 Å². The smallest absolute Gasteiger partial charge is 0.393 e. The first kappa shape index (κ1) is 19.7. The van der Waals surface area contributed by atoms with E-state index in [2.05, 4.69) is 18.9 Å². The molecule has 28 heavy (non-hydrogen) atoms. The Labute approximate surface area is 167 Å². The summed E-state index contributed by atoms with van der Waals surface area (Å²) in [5.74, 6) is 2.30. The summed E-state index contributed by atoms with van der Waals surface area (Å²) >= 11 is 0. The van der Waals surface area contributed by atoms with E-state index in [0.717, 1.165) is 44.9 Å². The van der Waals surface area contributed by atoms with Crippen LogP contribution in [0.15, 0.2) is 0 Å². The van der Waals surface area contributed by atoms with Crippen LogP contribution in [0, 0.1) is 34.5 Å². The zero-order chi connectivity index (χ0) is 19.7. The maximum Gasteiger partial charge on any atom is 0.405 e. The van der Waals surface area contributed by atoms with Gasteiger partial charge in [-0.3, -0.25) is 13.8 Å². The van der Waals surface area contributed by atoms with Crippen LogP contribution in [-0.4, -0.2) is 36.2 Å². The molecule has 0 amide bonds. The highest BCUT2D eigenvalue weighted by molar-refractivity contribution is 7.51. The Morgan fingerprint density at radius 1 is 1.18 bits per heavy atom. The zero-order valence-corrected chi connectivity index (χ0v) is 18.0. The van der Waals surface area contributed by atoms with E-state index in [9.17, 15) is 14.5 Å². The second-order valence-electron chi connectivity index (χ2n) is 10.4. The van der Waals surface area contributed by atoms with Gasteiger partial charge in [0.05, 0.1) is 18.8 Å². The molecule has 7 heteroatoms. The number of nitrogens with one attached hydrogen (secondary N) is 1. The minimum Gasteiger partial charge on any atom is -0.393 e. The Morgan fingerprint density at radius 3 is 2.75 bits per heavy atom. The molecule has 0 aromatic heterocycles. The van der Waals surface area contributed by atoms with E-state index in [1.807, 2.05) is 0 Å². The van der Waals surface area contributed by atoms with Gasteiger partial charge in [-0.2, -0.15) is 0 Å². The van der Waals surface area contributed by atoms with Crippen LogP contribution in [-0.2, 0) is 18.4 Å². The number of fused-ring (bicyclic) bond motifs is 5. The molecule has 0 radical (unpaired) electrons. The summed E-state index contributed by atoms with van der Waals surface area (Å²) in [5.41, 5.74) is -0.266. The fourth-order valence-electron chi connectivity index (χ4n) is 7.83. The molecule has 5 rings (SSSR count). The van der Waals surface area contributed by atoms with Crippen molar-refractivity contribution >= 4 is 13.5 Å². The number of Topliss-reactive ketones (excluding diaryl/α,β-unsaturated/α-hetero) is 1. The minimum absolute atomic E-state index is 0.125. The first-order chi connectivity index (χ1) is 13.3. The lowest BCUT2D eigenvalue weighted by Crippen LogP contribution is -2.59. The second kappa shape index (κ2) is 6.62. The van der Waals surface area contributed by atoms with Crippen molar-refractivity contribution in [1.82, 2.24) is 5.09 Å². The molecule has 2 N–H and O–H groups in total. The molecule has 0 spiro atoms. The van der Waals surface area contributed by atoms with Gasteiger partial charge in [0.15, 0.2) is 0 Å². The molecule has 4 aliphatic carbocycles. The fourth-order valence-corrected chi connectivity index (χ4v) is 9.40. The van der Waals surface area contributed by atoms with E-state index in [1.165, 1.54) is 0 Å². The van der Waals surface area contributed by atoms with E-state index < -0.39 is 13.9 Å². The molecule has 6 unspecified atom stereocenters. The maximum atomic E-state index is 13.0. The van der Waals surface area contributed by atoms with Gasteiger partial charge < -0.3 is 5.11 Å². The molecule has 0 aromatic carbocycles. The van der Waals surface area contributed by atoms with Crippen molar-refractivity contribution in [2.75, 3.05) is 13.2 Å². The van der Waals surface area contributed by atoms with Gasteiger partial charge in [0.25, 0.3) is 0 Å². The monoisotopic (exact) mass is 411 g/mol. The van der Waals surface area contributed by atoms with Crippen molar-refractivity contribution in [3.05, 3.63) is 0 Å². The fraction of sp³-hybridized carbons (Fsp3) is 0.952. The van der Waals surface area contributed by atoms with Gasteiger partial charge in [-0.15, -0.1) is 0 Å². The van der Waals surface area contributed by atoms with Crippen molar-refractivity contribution in [2.45, 2.75) is 77.4 Å². The molecule has 5 fully saturated rings. The quantitative estimate of drug-likeness (QED) is 0.675. The molecule has 0 bridgehead atoms. The number of rotatable bonds is 2. The Balaban J connectivity index is 1.47. The Kier molecular flexibility index (Phi) is 4.65. The molecular weight excluding hydrogens is 377 g/mol. The highest BCUT2D eigenvalue weighted by atomic mass is 31.2. The lowest BCUT2D eigenvalue weighted by Gasteiger charge is -2.62. The third kappa shape index (κ3) is 2.75. The summed E-state index contributed by atoms with van der Waals surface area (Å²) in [4.78, 5) is 12.6. The van der Waals surface area contributed by atoms with Crippen LogP contribution in [0.3, 0.4) is 0 Å². The first-order valence-electron chi connectivity index (χ1n) is 11.2. The number of ketones is 1. The number of hydrogen-bond donors (Lipinski definition) is 2. The molecule has 9 atom stereocenters. The first-order valence-corrected chi connectivity index (χ1v) is 12.7. The minimum atomic E-state index is -3.28. The molecule has 5 aliphatic rings. The zero-order valence-electron chi connectivity index (χ0n) is 17.1. The maximum absolute atomic E-state index is 13.0. The molecule has 1 aliphatic heterocycles. The molecule has 1 saturated heterocycles. The Morgan fingerprint density at radius 2 is 2.00 bits per heavy atom. The van der Waals surface area contributed by atoms with Crippen molar-refractivity contribution in [1.29, 1.82) is 0 Å². The predicted molar refractivity (Wildman–Crippen MR) is 105 cm³/mol. The lowest BCUT2D eigenvalue weighted by molar-refractivity contribution is -0.174. The predicted octanol–water partition coefficient (Wildman–Crippen LogP) is 3.68. The van der Waals surface area contributed by atoms with Crippen LogP contribution >= 0.6 is 7.75 Å². The normalized spacial score (nSPS) is 56.2. The highest BCUT2D eigenvalue weighted by Gasteiger charge is 2.63. The standard InChI is InChI=1S/C21H34NO5P/c1-20-8-7-17-15(16(20)5-6-18(20)24)4-3-13-11-14(23)12-19(21(13,17)2)27-28(25)22-9-10-26-28/h13-17,19,23H,3-12H2,1-2H3,(H,22,25)/t13?,14-,15?,16?,17?,19?,20-,21-,28?/m0/s1. The Hall–Kier alpha value is -0.260. The van der Waals surface area contributed by atoms with Crippen LogP contribution in [0.2, 0.25) is 0 Å². The average Bonchev–Trinajstić information content (AvgIpc) is 3.20. The van der Waals surface area contributed by atoms with E-state index >= 15 is 0 Å².